The van der Waals surface area contributed by atoms with Crippen LogP contribution >= 0.6 is 0 Å². The minimum Gasteiger partial charge on any atom is -0.320 e. The van der Waals surface area contributed by atoms with Crippen LogP contribution in [0.1, 0.15) is 31.7 Å². The number of carbonyl (C=O) groups excluding carboxylic acids is 1. The summed E-state index contributed by atoms with van der Waals surface area (Å²) in [6.07, 6.45) is 2.53. The zero-order valence-electron chi connectivity index (χ0n) is 14.7. The summed E-state index contributed by atoms with van der Waals surface area (Å²) < 4.78 is 14.5. The van der Waals surface area contributed by atoms with Gasteiger partial charge in [-0.1, -0.05) is 48.0 Å². The lowest BCUT2D eigenvalue weighted by atomic mass is 10.0. The van der Waals surface area contributed by atoms with Crippen molar-refractivity contribution in [2.45, 2.75) is 33.1 Å². The van der Waals surface area contributed by atoms with Gasteiger partial charge < -0.3 is 5.32 Å². The molecule has 0 fully saturated rings. The molecule has 0 saturated heterocycles. The van der Waals surface area contributed by atoms with Crippen LogP contribution in [0.25, 0.3) is 11.1 Å². The number of halogens is 1. The maximum absolute atomic E-state index is 14.5. The van der Waals surface area contributed by atoms with Gasteiger partial charge in [0, 0.05) is 5.57 Å². The van der Waals surface area contributed by atoms with Gasteiger partial charge in [0.25, 0.3) is 5.91 Å². The van der Waals surface area contributed by atoms with Gasteiger partial charge >= 0.3 is 0 Å². The Kier molecular flexibility index (Phi) is 4.84. The summed E-state index contributed by atoms with van der Waals surface area (Å²) in [7, 11) is 0. The van der Waals surface area contributed by atoms with E-state index in [2.05, 4.69) is 11.9 Å². The fourth-order valence-corrected chi connectivity index (χ4v) is 3.28. The van der Waals surface area contributed by atoms with E-state index in [1.165, 1.54) is 6.07 Å². The summed E-state index contributed by atoms with van der Waals surface area (Å²) in [4.78, 5) is 12.5. The average Bonchev–Trinajstić information content (AvgIpc) is 3.06. The molecule has 0 spiro atoms. The van der Waals surface area contributed by atoms with Gasteiger partial charge in [0.05, 0.1) is 5.69 Å². The van der Waals surface area contributed by atoms with Crippen LogP contribution in [0, 0.1) is 12.7 Å². The molecular weight excluding hydrogens is 313 g/mol. The fourth-order valence-electron chi connectivity index (χ4n) is 3.28. The third-order valence-corrected chi connectivity index (χ3v) is 4.58. The quantitative estimate of drug-likeness (QED) is 0.752. The predicted molar refractivity (Wildman–Crippen MR) is 101 cm³/mol. The highest BCUT2D eigenvalue weighted by molar-refractivity contribution is 6.05. The lowest BCUT2D eigenvalue weighted by Gasteiger charge is -2.11. The first-order valence-corrected chi connectivity index (χ1v) is 8.51. The summed E-state index contributed by atoms with van der Waals surface area (Å²) in [6, 6.07) is 12.8. The Labute approximate surface area is 148 Å². The second-order valence-electron chi connectivity index (χ2n) is 6.61. The summed E-state index contributed by atoms with van der Waals surface area (Å²) in [5, 5.41) is 2.71. The molecule has 1 N–H and O–H groups in total. The van der Waals surface area contributed by atoms with Gasteiger partial charge in [-0.3, -0.25) is 4.79 Å². The molecule has 3 heteroatoms. The molecule has 1 aliphatic carbocycles. The molecule has 1 aliphatic rings. The standard InChI is InChI=1S/C22H22FNO/c1-14(2)18-8-5-9-19(18)22(25)24-21-11-10-17(13-20(21)23)16-7-4-6-15(3)12-16/h4,6-7,10-13H,1,5,8-9H2,2-3H3,(H,24,25). The number of hydrogen-bond donors (Lipinski definition) is 1. The molecule has 0 radical (unpaired) electrons. The molecule has 0 bridgehead atoms. The van der Waals surface area contributed by atoms with Crippen LogP contribution in [0.2, 0.25) is 0 Å². The van der Waals surface area contributed by atoms with Gasteiger partial charge in [0.1, 0.15) is 5.82 Å². The molecule has 25 heavy (non-hydrogen) atoms. The highest BCUT2D eigenvalue weighted by atomic mass is 19.1. The van der Waals surface area contributed by atoms with Crippen molar-refractivity contribution in [2.24, 2.45) is 0 Å². The zero-order chi connectivity index (χ0) is 18.0. The summed E-state index contributed by atoms with van der Waals surface area (Å²) in [5.74, 6) is -0.652. The number of amides is 1. The normalized spacial score (nSPS) is 13.9. The van der Waals surface area contributed by atoms with Crippen LogP contribution in [0.4, 0.5) is 10.1 Å². The largest absolute Gasteiger partial charge is 0.320 e. The molecule has 3 rings (SSSR count). The number of nitrogens with one attached hydrogen (secondary N) is 1. The molecule has 0 saturated carbocycles. The summed E-state index contributed by atoms with van der Waals surface area (Å²) in [6.45, 7) is 7.85. The molecule has 2 aromatic rings. The predicted octanol–water partition coefficient (Wildman–Crippen LogP) is 5.80. The fraction of sp³-hybridized carbons (Fsp3) is 0.227. The maximum Gasteiger partial charge on any atom is 0.251 e. The van der Waals surface area contributed by atoms with Gasteiger partial charge in [0.2, 0.25) is 0 Å². The van der Waals surface area contributed by atoms with Crippen molar-refractivity contribution < 1.29 is 9.18 Å². The van der Waals surface area contributed by atoms with Crippen LogP contribution in [0.5, 0.6) is 0 Å². The first-order chi connectivity index (χ1) is 12.0. The molecule has 128 valence electrons. The number of aryl methyl sites for hydroxylation is 1. The van der Waals surface area contributed by atoms with E-state index >= 15 is 0 Å². The second kappa shape index (κ2) is 7.06. The van der Waals surface area contributed by atoms with Crippen molar-refractivity contribution >= 4 is 11.6 Å². The molecule has 0 aliphatic heterocycles. The van der Waals surface area contributed by atoms with E-state index in [1.807, 2.05) is 44.2 Å². The highest BCUT2D eigenvalue weighted by Gasteiger charge is 2.22. The van der Waals surface area contributed by atoms with Gasteiger partial charge in [-0.05, 0) is 61.9 Å². The number of carbonyl (C=O) groups is 1. The number of rotatable bonds is 4. The zero-order valence-corrected chi connectivity index (χ0v) is 14.7. The Morgan fingerprint density at radius 2 is 1.80 bits per heavy atom. The van der Waals surface area contributed by atoms with Crippen molar-refractivity contribution in [3.8, 4) is 11.1 Å². The summed E-state index contributed by atoms with van der Waals surface area (Å²) >= 11 is 0. The van der Waals surface area contributed by atoms with E-state index in [0.717, 1.165) is 52.7 Å². The molecule has 0 unspecified atom stereocenters. The third-order valence-electron chi connectivity index (χ3n) is 4.58. The van der Waals surface area contributed by atoms with Crippen molar-refractivity contribution in [1.29, 1.82) is 0 Å². The van der Waals surface area contributed by atoms with Gasteiger partial charge in [-0.15, -0.1) is 0 Å². The van der Waals surface area contributed by atoms with Crippen molar-refractivity contribution in [3.05, 3.63) is 77.1 Å². The SMILES string of the molecule is C=C(C)C1=C(C(=O)Nc2ccc(-c3cccc(C)c3)cc2F)CCC1. The Bertz CT molecular complexity index is 879. The molecule has 0 aromatic heterocycles. The Morgan fingerprint density at radius 1 is 1.08 bits per heavy atom. The Balaban J connectivity index is 1.83. The van der Waals surface area contributed by atoms with Crippen LogP contribution in [0.3, 0.4) is 0 Å². The second-order valence-corrected chi connectivity index (χ2v) is 6.61. The monoisotopic (exact) mass is 335 g/mol. The Morgan fingerprint density at radius 3 is 2.48 bits per heavy atom. The van der Waals surface area contributed by atoms with E-state index in [-0.39, 0.29) is 11.6 Å². The smallest absolute Gasteiger partial charge is 0.251 e. The van der Waals surface area contributed by atoms with Crippen LogP contribution in [-0.2, 0) is 4.79 Å². The maximum atomic E-state index is 14.5. The average molecular weight is 335 g/mol. The molecule has 0 heterocycles. The van der Waals surface area contributed by atoms with E-state index in [4.69, 9.17) is 0 Å². The van der Waals surface area contributed by atoms with Crippen molar-refractivity contribution in [1.82, 2.24) is 0 Å². The molecule has 1 amide bonds. The molecule has 0 atom stereocenters. The highest BCUT2D eigenvalue weighted by Crippen LogP contribution is 2.32. The van der Waals surface area contributed by atoms with E-state index < -0.39 is 5.82 Å². The van der Waals surface area contributed by atoms with Crippen LogP contribution < -0.4 is 5.32 Å². The van der Waals surface area contributed by atoms with Crippen LogP contribution in [-0.4, -0.2) is 5.91 Å². The topological polar surface area (TPSA) is 29.1 Å². The molecular formula is C22H22FNO. The lowest BCUT2D eigenvalue weighted by molar-refractivity contribution is -0.113. The minimum absolute atomic E-state index is 0.210. The number of allylic oxidation sites excluding steroid dienone is 2. The van der Waals surface area contributed by atoms with Gasteiger partial charge in [-0.25, -0.2) is 4.39 Å². The van der Waals surface area contributed by atoms with Crippen molar-refractivity contribution in [3.63, 3.8) is 0 Å². The van der Waals surface area contributed by atoms with Gasteiger partial charge in [-0.2, -0.15) is 0 Å². The van der Waals surface area contributed by atoms with E-state index in [9.17, 15) is 9.18 Å². The van der Waals surface area contributed by atoms with E-state index in [0.29, 0.717) is 0 Å². The lowest BCUT2D eigenvalue weighted by Crippen LogP contribution is -2.15. The van der Waals surface area contributed by atoms with Crippen molar-refractivity contribution in [2.75, 3.05) is 5.32 Å². The first-order valence-electron chi connectivity index (χ1n) is 8.51. The van der Waals surface area contributed by atoms with Crippen LogP contribution in [0.15, 0.2) is 65.8 Å². The van der Waals surface area contributed by atoms with E-state index in [1.54, 1.807) is 6.07 Å². The first kappa shape index (κ1) is 17.2. The summed E-state index contributed by atoms with van der Waals surface area (Å²) in [5.41, 5.74) is 5.74. The van der Waals surface area contributed by atoms with Gasteiger partial charge in [0.15, 0.2) is 0 Å². The third kappa shape index (κ3) is 3.71. The number of anilines is 1. The number of benzene rings is 2. The minimum atomic E-state index is -0.428. The Hall–Kier alpha value is -2.68. The number of hydrogen-bond acceptors (Lipinski definition) is 1. The molecule has 2 nitrogen and oxygen atoms in total. The molecule has 2 aromatic carbocycles.